The molecule has 0 fully saturated rings. The van der Waals surface area contributed by atoms with Crippen LogP contribution in [0, 0.1) is 0 Å². The standard InChI is InChI=1S/C44H24N4O/c1-6-19-34-25(11-1)28-14-10-21-36-39(28)40-37(24-23-29-26-12-2-7-20-35(26)47(34)42(29)40)48(36)44-41(45-32-17-4-5-18-33(32)46-44)31-16-9-15-30-27-13-3-8-22-38(27)49-43(30)31/h1-24H. The van der Waals surface area contributed by atoms with Crippen molar-refractivity contribution in [3.05, 3.63) is 146 Å². The van der Waals surface area contributed by atoms with Crippen LogP contribution in [0.5, 0.6) is 0 Å². The van der Waals surface area contributed by atoms with E-state index < -0.39 is 0 Å². The normalized spacial score (nSPS) is 12.5. The first-order valence-electron chi connectivity index (χ1n) is 16.6. The Labute approximate surface area is 278 Å². The van der Waals surface area contributed by atoms with Crippen LogP contribution in [-0.4, -0.2) is 18.9 Å². The maximum Gasteiger partial charge on any atom is 0.165 e. The van der Waals surface area contributed by atoms with Gasteiger partial charge in [0.05, 0.1) is 38.6 Å². The number of hydrogen-bond acceptors (Lipinski definition) is 3. The van der Waals surface area contributed by atoms with Gasteiger partial charge in [-0.15, -0.1) is 0 Å². The first-order chi connectivity index (χ1) is 24.3. The predicted octanol–water partition coefficient (Wildman–Crippen LogP) is 11.4. The predicted molar refractivity (Wildman–Crippen MR) is 201 cm³/mol. The van der Waals surface area contributed by atoms with Crippen LogP contribution in [0.1, 0.15) is 0 Å². The van der Waals surface area contributed by atoms with Gasteiger partial charge >= 0.3 is 0 Å². The summed E-state index contributed by atoms with van der Waals surface area (Å²) in [5, 5.41) is 9.51. The van der Waals surface area contributed by atoms with Crippen molar-refractivity contribution in [3.63, 3.8) is 0 Å². The molecule has 49 heavy (non-hydrogen) atoms. The maximum atomic E-state index is 6.59. The topological polar surface area (TPSA) is 48.3 Å². The van der Waals surface area contributed by atoms with E-state index in [0.717, 1.165) is 61.1 Å². The van der Waals surface area contributed by atoms with E-state index in [4.69, 9.17) is 14.4 Å². The smallest absolute Gasteiger partial charge is 0.165 e. The number of hydrogen-bond donors (Lipinski definition) is 0. The molecule has 0 atom stereocenters. The van der Waals surface area contributed by atoms with E-state index in [-0.39, 0.29) is 0 Å². The molecular formula is C44H24N4O. The molecular weight excluding hydrogens is 601 g/mol. The first-order valence-corrected chi connectivity index (χ1v) is 16.6. The van der Waals surface area contributed by atoms with Gasteiger partial charge in [-0.1, -0.05) is 97.1 Å². The van der Waals surface area contributed by atoms with Crippen molar-refractivity contribution in [2.75, 3.05) is 0 Å². The van der Waals surface area contributed by atoms with E-state index in [1.165, 1.54) is 48.9 Å². The van der Waals surface area contributed by atoms with Crippen molar-refractivity contribution in [1.29, 1.82) is 0 Å². The number of aromatic nitrogens is 4. The summed E-state index contributed by atoms with van der Waals surface area (Å²) in [7, 11) is 0. The van der Waals surface area contributed by atoms with Crippen LogP contribution < -0.4 is 0 Å². The van der Waals surface area contributed by atoms with E-state index in [0.29, 0.717) is 0 Å². The van der Waals surface area contributed by atoms with Gasteiger partial charge < -0.3 is 8.82 Å². The SMILES string of the molecule is c1ccc2nc(-n3c4cccc5c6ccccc6n6c7ccccc7c7ccc3c(c54)c76)c(-c3cccc4c3oc3ccccc34)nc2c1. The number of fused-ring (bicyclic) bond motifs is 10. The second-order valence-corrected chi connectivity index (χ2v) is 12.9. The second-order valence-electron chi connectivity index (χ2n) is 12.9. The highest BCUT2D eigenvalue weighted by Crippen LogP contribution is 2.46. The molecule has 0 aliphatic carbocycles. The molecule has 0 amide bonds. The molecule has 0 N–H and O–H groups in total. The summed E-state index contributed by atoms with van der Waals surface area (Å²) < 4.78 is 11.4. The summed E-state index contributed by atoms with van der Waals surface area (Å²) in [5.74, 6) is 0.777. The molecule has 0 aliphatic heterocycles. The molecule has 0 spiro atoms. The third-order valence-corrected chi connectivity index (χ3v) is 10.4. The minimum absolute atomic E-state index is 0.777. The fourth-order valence-corrected chi connectivity index (χ4v) is 8.46. The van der Waals surface area contributed by atoms with Crippen LogP contribution in [0.15, 0.2) is 150 Å². The summed E-state index contributed by atoms with van der Waals surface area (Å²) in [5.41, 5.74) is 10.9. The minimum Gasteiger partial charge on any atom is -0.455 e. The molecule has 5 heterocycles. The Hall–Kier alpha value is -6.72. The van der Waals surface area contributed by atoms with E-state index in [9.17, 15) is 0 Å². The molecule has 0 saturated heterocycles. The zero-order chi connectivity index (χ0) is 31.8. The van der Waals surface area contributed by atoms with Crippen molar-refractivity contribution in [1.82, 2.24) is 18.9 Å². The fourth-order valence-electron chi connectivity index (χ4n) is 8.46. The van der Waals surface area contributed by atoms with Crippen molar-refractivity contribution >= 4 is 92.9 Å². The molecule has 12 rings (SSSR count). The van der Waals surface area contributed by atoms with E-state index in [1.54, 1.807) is 0 Å². The second kappa shape index (κ2) is 9.00. The van der Waals surface area contributed by atoms with Crippen LogP contribution in [-0.2, 0) is 0 Å². The number of benzene rings is 7. The Balaban J connectivity index is 1.32. The summed E-state index contributed by atoms with van der Waals surface area (Å²) in [6, 6.07) is 51.5. The van der Waals surface area contributed by atoms with Crippen LogP contribution >= 0.6 is 0 Å². The fraction of sp³-hybridized carbons (Fsp3) is 0. The highest BCUT2D eigenvalue weighted by Gasteiger charge is 2.26. The van der Waals surface area contributed by atoms with Crippen molar-refractivity contribution in [3.8, 4) is 17.1 Å². The van der Waals surface area contributed by atoms with Gasteiger partial charge in [-0.2, -0.15) is 0 Å². The lowest BCUT2D eigenvalue weighted by Crippen LogP contribution is -2.04. The van der Waals surface area contributed by atoms with Gasteiger partial charge in [-0.05, 0) is 53.9 Å². The molecule has 7 aromatic carbocycles. The molecule has 0 radical (unpaired) electrons. The van der Waals surface area contributed by atoms with Gasteiger partial charge in [0, 0.05) is 43.3 Å². The largest absolute Gasteiger partial charge is 0.455 e. The summed E-state index contributed by atoms with van der Waals surface area (Å²) in [4.78, 5) is 10.8. The van der Waals surface area contributed by atoms with Crippen molar-refractivity contribution < 1.29 is 4.42 Å². The maximum absolute atomic E-state index is 6.59. The van der Waals surface area contributed by atoms with Gasteiger partial charge in [0.1, 0.15) is 16.9 Å². The molecule has 0 saturated carbocycles. The zero-order valence-electron chi connectivity index (χ0n) is 26.1. The number of furan rings is 1. The van der Waals surface area contributed by atoms with Crippen molar-refractivity contribution in [2.45, 2.75) is 0 Å². The van der Waals surface area contributed by atoms with Gasteiger partial charge in [0.2, 0.25) is 0 Å². The molecule has 0 unspecified atom stereocenters. The monoisotopic (exact) mass is 624 g/mol. The third kappa shape index (κ3) is 3.15. The van der Waals surface area contributed by atoms with Crippen LogP contribution in [0.25, 0.3) is 110 Å². The van der Waals surface area contributed by atoms with Crippen LogP contribution in [0.4, 0.5) is 0 Å². The molecule has 0 aliphatic rings. The van der Waals surface area contributed by atoms with Gasteiger partial charge in [0.15, 0.2) is 5.82 Å². The van der Waals surface area contributed by atoms with E-state index in [1.807, 2.05) is 36.4 Å². The molecule has 5 heteroatoms. The Morgan fingerprint density at radius 2 is 1.04 bits per heavy atom. The Kier molecular flexibility index (Phi) is 4.66. The van der Waals surface area contributed by atoms with Gasteiger partial charge in [0.25, 0.3) is 0 Å². The zero-order valence-corrected chi connectivity index (χ0v) is 26.1. The summed E-state index contributed by atoms with van der Waals surface area (Å²) in [6.45, 7) is 0. The number of para-hydroxylation sites is 6. The van der Waals surface area contributed by atoms with Gasteiger partial charge in [-0.3, -0.25) is 4.57 Å². The number of nitrogens with zero attached hydrogens (tertiary/aromatic N) is 4. The quantitative estimate of drug-likeness (QED) is 0.192. The minimum atomic E-state index is 0.777. The molecule has 5 nitrogen and oxygen atoms in total. The lowest BCUT2D eigenvalue weighted by atomic mass is 10.0. The van der Waals surface area contributed by atoms with E-state index in [2.05, 4.69) is 118 Å². The molecule has 5 aromatic heterocycles. The molecule has 12 aromatic rings. The van der Waals surface area contributed by atoms with Crippen molar-refractivity contribution in [2.24, 2.45) is 0 Å². The highest BCUT2D eigenvalue weighted by atomic mass is 16.3. The Bertz CT molecular complexity index is 3340. The van der Waals surface area contributed by atoms with Crippen LogP contribution in [0.2, 0.25) is 0 Å². The molecule has 0 bridgehead atoms. The van der Waals surface area contributed by atoms with E-state index >= 15 is 0 Å². The third-order valence-electron chi connectivity index (χ3n) is 10.4. The van der Waals surface area contributed by atoms with Gasteiger partial charge in [-0.25, -0.2) is 9.97 Å². The Morgan fingerprint density at radius 1 is 0.429 bits per heavy atom. The number of rotatable bonds is 2. The average molecular weight is 625 g/mol. The summed E-state index contributed by atoms with van der Waals surface area (Å²) >= 11 is 0. The molecule has 226 valence electrons. The van der Waals surface area contributed by atoms with Crippen LogP contribution in [0.3, 0.4) is 0 Å². The highest BCUT2D eigenvalue weighted by molar-refractivity contribution is 6.33. The average Bonchev–Trinajstić information content (AvgIpc) is 3.79. The lowest BCUT2D eigenvalue weighted by molar-refractivity contribution is 0.669. The Morgan fingerprint density at radius 3 is 1.88 bits per heavy atom. The summed E-state index contributed by atoms with van der Waals surface area (Å²) in [6.07, 6.45) is 0. The first kappa shape index (κ1) is 25.4. The lowest BCUT2D eigenvalue weighted by Gasteiger charge is -2.14.